The number of carbonyl (C=O) groups excluding carboxylic acids is 1. The Labute approximate surface area is 127 Å². The van der Waals surface area contributed by atoms with Crippen LogP contribution in [0.25, 0.3) is 0 Å². The Kier molecular flexibility index (Phi) is 5.97. The molecule has 1 aromatic rings. The van der Waals surface area contributed by atoms with Crippen molar-refractivity contribution in [2.75, 3.05) is 25.4 Å². The van der Waals surface area contributed by atoms with Gasteiger partial charge in [-0.1, -0.05) is 0 Å². The summed E-state index contributed by atoms with van der Waals surface area (Å²) in [6.45, 7) is 4.48. The molecule has 0 unspecified atom stereocenters. The highest BCUT2D eigenvalue weighted by Gasteiger charge is 2.20. The van der Waals surface area contributed by atoms with E-state index in [0.717, 1.165) is 0 Å². The Morgan fingerprint density at radius 1 is 1.35 bits per heavy atom. The Bertz CT molecular complexity index is 586. The van der Waals surface area contributed by atoms with Crippen molar-refractivity contribution >= 4 is 37.5 Å². The smallest absolute Gasteiger partial charge is 0.242 e. The van der Waals surface area contributed by atoms with Crippen molar-refractivity contribution in [3.63, 3.8) is 0 Å². The molecule has 0 bridgehead atoms. The van der Waals surface area contributed by atoms with Crippen molar-refractivity contribution in [2.24, 2.45) is 0 Å². The van der Waals surface area contributed by atoms with Crippen LogP contribution in [0, 0.1) is 0 Å². The first-order valence-electron chi connectivity index (χ1n) is 6.14. The molecule has 0 saturated carbocycles. The number of amides is 1. The molecule has 0 atom stereocenters. The molecule has 1 aromatic carbocycles. The lowest BCUT2D eigenvalue weighted by molar-refractivity contribution is -0.129. The summed E-state index contributed by atoms with van der Waals surface area (Å²) in [6, 6.07) is 4.48. The molecule has 3 N–H and O–H groups in total. The maximum Gasteiger partial charge on any atom is 0.242 e. The summed E-state index contributed by atoms with van der Waals surface area (Å²) in [5.74, 6) is -0.265. The second-order valence-corrected chi connectivity index (χ2v) is 6.67. The molecule has 6 nitrogen and oxygen atoms in total. The Morgan fingerprint density at radius 2 is 1.95 bits per heavy atom. The van der Waals surface area contributed by atoms with Crippen molar-refractivity contribution in [3.8, 4) is 0 Å². The van der Waals surface area contributed by atoms with Crippen LogP contribution in [0.15, 0.2) is 27.6 Å². The van der Waals surface area contributed by atoms with Gasteiger partial charge < -0.3 is 10.6 Å². The molecule has 0 spiro atoms. The van der Waals surface area contributed by atoms with Crippen LogP contribution in [0.5, 0.6) is 0 Å². The fraction of sp³-hybridized carbons (Fsp3) is 0.417. The molecule has 0 aliphatic heterocycles. The first-order chi connectivity index (χ1) is 9.31. The number of rotatable bonds is 6. The van der Waals surface area contributed by atoms with Gasteiger partial charge in [-0.15, -0.1) is 0 Å². The van der Waals surface area contributed by atoms with E-state index in [2.05, 4.69) is 20.7 Å². The highest BCUT2D eigenvalue weighted by molar-refractivity contribution is 9.10. The quantitative estimate of drug-likeness (QED) is 0.742. The average Bonchev–Trinajstić information content (AvgIpc) is 2.40. The summed E-state index contributed by atoms with van der Waals surface area (Å²) in [4.78, 5) is 13.4. The van der Waals surface area contributed by atoms with Crippen LogP contribution in [-0.2, 0) is 14.8 Å². The van der Waals surface area contributed by atoms with Crippen LogP contribution < -0.4 is 10.5 Å². The van der Waals surface area contributed by atoms with Gasteiger partial charge in [0.2, 0.25) is 15.9 Å². The molecule has 1 rings (SSSR count). The number of carbonyl (C=O) groups is 1. The number of nitrogens with one attached hydrogen (secondary N) is 1. The van der Waals surface area contributed by atoms with Crippen molar-refractivity contribution in [3.05, 3.63) is 22.7 Å². The molecule has 1 amide bonds. The fourth-order valence-electron chi connectivity index (χ4n) is 1.65. The SMILES string of the molecule is CCN(CC)C(=O)CNS(=O)(=O)c1cc(N)ccc1Br. The first-order valence-corrected chi connectivity index (χ1v) is 8.41. The topological polar surface area (TPSA) is 92.5 Å². The molecule has 0 heterocycles. The van der Waals surface area contributed by atoms with Crippen molar-refractivity contribution in [2.45, 2.75) is 18.7 Å². The zero-order valence-corrected chi connectivity index (χ0v) is 13.8. The third kappa shape index (κ3) is 4.19. The van der Waals surface area contributed by atoms with Crippen molar-refractivity contribution in [1.29, 1.82) is 0 Å². The first kappa shape index (κ1) is 16.9. The van der Waals surface area contributed by atoms with Crippen LogP contribution in [-0.4, -0.2) is 38.9 Å². The maximum atomic E-state index is 12.1. The van der Waals surface area contributed by atoms with E-state index in [1.165, 1.54) is 6.07 Å². The normalized spacial score (nSPS) is 11.3. The lowest BCUT2D eigenvalue weighted by Gasteiger charge is -2.18. The van der Waals surface area contributed by atoms with E-state index >= 15 is 0 Å². The summed E-state index contributed by atoms with van der Waals surface area (Å²) in [5.41, 5.74) is 5.92. The third-order valence-electron chi connectivity index (χ3n) is 2.77. The number of benzene rings is 1. The molecule has 0 saturated heterocycles. The Hall–Kier alpha value is -1.12. The van der Waals surface area contributed by atoms with Gasteiger partial charge >= 0.3 is 0 Å². The Morgan fingerprint density at radius 3 is 2.50 bits per heavy atom. The van der Waals surface area contributed by atoms with Gasteiger partial charge in [0.1, 0.15) is 0 Å². The largest absolute Gasteiger partial charge is 0.399 e. The van der Waals surface area contributed by atoms with E-state index in [-0.39, 0.29) is 17.3 Å². The number of nitrogens with zero attached hydrogens (tertiary/aromatic N) is 1. The van der Waals surface area contributed by atoms with Gasteiger partial charge in [0.15, 0.2) is 0 Å². The second-order valence-electron chi connectivity index (χ2n) is 4.08. The number of hydrogen-bond acceptors (Lipinski definition) is 4. The zero-order valence-electron chi connectivity index (χ0n) is 11.4. The minimum absolute atomic E-state index is 0.0184. The minimum atomic E-state index is -3.78. The number of sulfonamides is 1. The van der Waals surface area contributed by atoms with Gasteiger partial charge in [-0.05, 0) is 48.0 Å². The molecular formula is C12H18BrN3O3S. The zero-order chi connectivity index (χ0) is 15.3. The monoisotopic (exact) mass is 363 g/mol. The standard InChI is InChI=1S/C12H18BrN3O3S/c1-3-16(4-2)12(17)8-15-20(18,19)11-7-9(14)5-6-10(11)13/h5-7,15H,3-4,8,14H2,1-2H3. The summed E-state index contributed by atoms with van der Waals surface area (Å²) in [7, 11) is -3.78. The molecule has 0 radical (unpaired) electrons. The summed E-state index contributed by atoms with van der Waals surface area (Å²) >= 11 is 3.16. The highest BCUT2D eigenvalue weighted by Crippen LogP contribution is 2.23. The molecule has 0 fully saturated rings. The van der Waals surface area contributed by atoms with E-state index in [0.29, 0.717) is 23.2 Å². The van der Waals surface area contributed by atoms with E-state index in [4.69, 9.17) is 5.73 Å². The number of halogens is 1. The second kappa shape index (κ2) is 7.05. The van der Waals surface area contributed by atoms with Gasteiger partial charge in [0.05, 0.1) is 11.4 Å². The van der Waals surface area contributed by atoms with Crippen LogP contribution >= 0.6 is 15.9 Å². The van der Waals surface area contributed by atoms with E-state index in [1.54, 1.807) is 17.0 Å². The molecule has 8 heteroatoms. The predicted molar refractivity (Wildman–Crippen MR) is 81.7 cm³/mol. The number of nitrogen functional groups attached to an aromatic ring is 1. The molecule has 0 aromatic heterocycles. The van der Waals surface area contributed by atoms with E-state index in [9.17, 15) is 13.2 Å². The van der Waals surface area contributed by atoms with Gasteiger partial charge in [0, 0.05) is 23.2 Å². The lowest BCUT2D eigenvalue weighted by atomic mass is 10.3. The van der Waals surface area contributed by atoms with Gasteiger partial charge in [0.25, 0.3) is 0 Å². The summed E-state index contributed by atoms with van der Waals surface area (Å²) in [6.07, 6.45) is 0. The van der Waals surface area contributed by atoms with Gasteiger partial charge in [-0.2, -0.15) is 0 Å². The summed E-state index contributed by atoms with van der Waals surface area (Å²) in [5, 5.41) is 0. The summed E-state index contributed by atoms with van der Waals surface area (Å²) < 4.78 is 27.0. The molecule has 20 heavy (non-hydrogen) atoms. The Balaban J connectivity index is 2.86. The fourth-order valence-corrected chi connectivity index (χ4v) is 3.62. The van der Waals surface area contributed by atoms with Gasteiger partial charge in [-0.3, -0.25) is 4.79 Å². The van der Waals surface area contributed by atoms with Gasteiger partial charge in [-0.25, -0.2) is 13.1 Å². The number of nitrogens with two attached hydrogens (primary N) is 1. The van der Waals surface area contributed by atoms with Crippen LogP contribution in [0.3, 0.4) is 0 Å². The minimum Gasteiger partial charge on any atom is -0.399 e. The predicted octanol–water partition coefficient (Wildman–Crippen LogP) is 1.18. The van der Waals surface area contributed by atoms with Crippen molar-refractivity contribution < 1.29 is 13.2 Å². The molecule has 0 aliphatic carbocycles. The molecular weight excluding hydrogens is 346 g/mol. The average molecular weight is 364 g/mol. The molecule has 112 valence electrons. The number of anilines is 1. The van der Waals surface area contributed by atoms with Crippen molar-refractivity contribution in [1.82, 2.24) is 9.62 Å². The third-order valence-corrected chi connectivity index (χ3v) is 5.17. The van der Waals surface area contributed by atoms with Crippen LogP contribution in [0.2, 0.25) is 0 Å². The number of likely N-dealkylation sites (N-methyl/N-ethyl adjacent to an activating group) is 1. The van der Waals surface area contributed by atoms with Crippen LogP contribution in [0.1, 0.15) is 13.8 Å². The van der Waals surface area contributed by atoms with E-state index in [1.807, 2.05) is 13.8 Å². The maximum absolute atomic E-state index is 12.1. The van der Waals surface area contributed by atoms with Crippen LogP contribution in [0.4, 0.5) is 5.69 Å². The number of hydrogen-bond donors (Lipinski definition) is 2. The highest BCUT2D eigenvalue weighted by atomic mass is 79.9. The molecule has 0 aliphatic rings. The lowest BCUT2D eigenvalue weighted by Crippen LogP contribution is -2.40. The van der Waals surface area contributed by atoms with E-state index < -0.39 is 10.0 Å².